The molecule has 0 spiro atoms. The topological polar surface area (TPSA) is 56.1 Å². The summed E-state index contributed by atoms with van der Waals surface area (Å²) in [5, 5.41) is 5.75. The van der Waals surface area contributed by atoms with Gasteiger partial charge >= 0.3 is 0 Å². The highest BCUT2D eigenvalue weighted by Gasteiger charge is 2.25. The lowest BCUT2D eigenvalue weighted by Gasteiger charge is -2.23. The fourth-order valence-electron chi connectivity index (χ4n) is 4.82. The van der Waals surface area contributed by atoms with Gasteiger partial charge in [-0.3, -0.25) is 9.36 Å². The Morgan fingerprint density at radius 1 is 1.15 bits per heavy atom. The molecule has 0 saturated carbocycles. The number of rotatable bonds is 6. The SMILES string of the molecule is COc1cccc(CN[C@@H]2CCc3c(sc4ncn(Cc5cc6ccccc6s5)c(=O)c34)C2)c1. The van der Waals surface area contributed by atoms with E-state index in [2.05, 4.69) is 52.8 Å². The van der Waals surface area contributed by atoms with E-state index in [-0.39, 0.29) is 5.56 Å². The molecule has 1 aliphatic carbocycles. The number of nitrogens with zero attached hydrogens (tertiary/aromatic N) is 2. The Balaban J connectivity index is 1.22. The van der Waals surface area contributed by atoms with Gasteiger partial charge in [0.2, 0.25) is 0 Å². The molecule has 34 heavy (non-hydrogen) atoms. The Hall–Kier alpha value is -3.00. The molecule has 3 aromatic heterocycles. The van der Waals surface area contributed by atoms with Crippen molar-refractivity contribution in [2.45, 2.75) is 38.4 Å². The van der Waals surface area contributed by atoms with E-state index in [4.69, 9.17) is 4.74 Å². The third-order valence-corrected chi connectivity index (χ3v) is 8.83. The van der Waals surface area contributed by atoms with E-state index in [1.54, 1.807) is 40.7 Å². The summed E-state index contributed by atoms with van der Waals surface area (Å²) < 4.78 is 8.36. The van der Waals surface area contributed by atoms with Crippen LogP contribution >= 0.6 is 22.7 Å². The highest BCUT2D eigenvalue weighted by atomic mass is 32.1. The first-order valence-corrected chi connectivity index (χ1v) is 13.1. The number of aromatic nitrogens is 2. The summed E-state index contributed by atoms with van der Waals surface area (Å²) in [7, 11) is 1.70. The number of fused-ring (bicyclic) bond motifs is 4. The van der Waals surface area contributed by atoms with Crippen LogP contribution in [0.3, 0.4) is 0 Å². The van der Waals surface area contributed by atoms with Crippen molar-refractivity contribution in [2.24, 2.45) is 0 Å². The van der Waals surface area contributed by atoms with Crippen molar-refractivity contribution in [3.05, 3.63) is 92.2 Å². The molecule has 1 N–H and O–H groups in total. The van der Waals surface area contributed by atoms with E-state index in [0.29, 0.717) is 12.6 Å². The summed E-state index contributed by atoms with van der Waals surface area (Å²) in [6, 6.07) is 19.1. The Bertz CT molecular complexity index is 1520. The molecule has 5 aromatic rings. The molecule has 0 amide bonds. The Kier molecular flexibility index (Phi) is 5.69. The standard InChI is InChI=1S/C27H25N3O2S2/c1-32-20-7-4-5-17(11-20)14-28-19-9-10-22-24(13-19)34-26-25(22)27(31)30(16-29-26)15-21-12-18-6-2-3-8-23(18)33-21/h2-8,11-12,16,19,28H,9-10,13-15H2,1H3/t19-/m1/s1. The number of thiophene rings is 2. The van der Waals surface area contributed by atoms with Crippen molar-refractivity contribution in [3.63, 3.8) is 0 Å². The molecular formula is C27H25N3O2S2. The predicted molar refractivity (Wildman–Crippen MR) is 140 cm³/mol. The third-order valence-electron chi connectivity index (χ3n) is 6.57. The lowest BCUT2D eigenvalue weighted by Crippen LogP contribution is -2.33. The second-order valence-corrected chi connectivity index (χ2v) is 11.0. The van der Waals surface area contributed by atoms with Crippen LogP contribution in [0.4, 0.5) is 0 Å². The molecule has 0 aliphatic heterocycles. The minimum atomic E-state index is 0.0859. The zero-order chi connectivity index (χ0) is 23.1. The smallest absolute Gasteiger partial charge is 0.262 e. The summed E-state index contributed by atoms with van der Waals surface area (Å²) in [4.78, 5) is 21.5. The molecule has 0 radical (unpaired) electrons. The zero-order valence-electron chi connectivity index (χ0n) is 18.9. The van der Waals surface area contributed by atoms with Crippen molar-refractivity contribution < 1.29 is 4.74 Å². The average molecular weight is 488 g/mol. The highest BCUT2D eigenvalue weighted by molar-refractivity contribution is 7.19. The van der Waals surface area contributed by atoms with Gasteiger partial charge in [0.1, 0.15) is 10.6 Å². The minimum Gasteiger partial charge on any atom is -0.497 e. The van der Waals surface area contributed by atoms with Gasteiger partial charge in [0.25, 0.3) is 5.56 Å². The molecular weight excluding hydrogens is 462 g/mol. The minimum absolute atomic E-state index is 0.0859. The normalized spacial score (nSPS) is 15.6. The van der Waals surface area contributed by atoms with Gasteiger partial charge in [0, 0.05) is 27.0 Å². The predicted octanol–water partition coefficient (Wildman–Crippen LogP) is 5.38. The van der Waals surface area contributed by atoms with Gasteiger partial charge in [-0.2, -0.15) is 0 Å². The van der Waals surface area contributed by atoms with Crippen LogP contribution in [0.1, 0.15) is 27.3 Å². The maximum Gasteiger partial charge on any atom is 0.262 e. The molecule has 0 saturated heterocycles. The first-order chi connectivity index (χ1) is 16.7. The molecule has 0 bridgehead atoms. The van der Waals surface area contributed by atoms with Gasteiger partial charge in [0.15, 0.2) is 0 Å². The maximum atomic E-state index is 13.4. The molecule has 172 valence electrons. The molecule has 3 heterocycles. The maximum absolute atomic E-state index is 13.4. The largest absolute Gasteiger partial charge is 0.497 e. The first-order valence-electron chi connectivity index (χ1n) is 11.5. The van der Waals surface area contributed by atoms with Crippen molar-refractivity contribution in [3.8, 4) is 5.75 Å². The highest BCUT2D eigenvalue weighted by Crippen LogP contribution is 2.34. The van der Waals surface area contributed by atoms with Crippen molar-refractivity contribution in [2.75, 3.05) is 7.11 Å². The monoisotopic (exact) mass is 487 g/mol. The van der Waals surface area contributed by atoms with Crippen LogP contribution < -0.4 is 15.6 Å². The van der Waals surface area contributed by atoms with E-state index in [9.17, 15) is 4.79 Å². The van der Waals surface area contributed by atoms with Gasteiger partial charge in [-0.1, -0.05) is 30.3 Å². The van der Waals surface area contributed by atoms with Crippen LogP contribution in [0.5, 0.6) is 5.75 Å². The number of methoxy groups -OCH3 is 1. The Morgan fingerprint density at radius 2 is 2.06 bits per heavy atom. The number of aryl methyl sites for hydroxylation is 1. The summed E-state index contributed by atoms with van der Waals surface area (Å²) in [6.45, 7) is 1.37. The molecule has 0 unspecified atom stereocenters. The molecule has 5 nitrogen and oxygen atoms in total. The van der Waals surface area contributed by atoms with Crippen LogP contribution in [0, 0.1) is 0 Å². The van der Waals surface area contributed by atoms with E-state index in [1.807, 2.05) is 12.1 Å². The van der Waals surface area contributed by atoms with Gasteiger partial charge in [-0.15, -0.1) is 22.7 Å². The van der Waals surface area contributed by atoms with Crippen LogP contribution in [0.2, 0.25) is 0 Å². The zero-order valence-corrected chi connectivity index (χ0v) is 20.5. The number of ether oxygens (including phenoxy) is 1. The van der Waals surface area contributed by atoms with Crippen molar-refractivity contribution >= 4 is 43.0 Å². The molecule has 1 aliphatic rings. The molecule has 0 fully saturated rings. The second kappa shape index (κ2) is 8.98. The van der Waals surface area contributed by atoms with Gasteiger partial charge in [0.05, 0.1) is 25.4 Å². The fourth-order valence-corrected chi connectivity index (χ4v) is 7.14. The van der Waals surface area contributed by atoms with Crippen LogP contribution in [-0.2, 0) is 25.9 Å². The van der Waals surface area contributed by atoms with Gasteiger partial charge in [-0.05, 0) is 60.0 Å². The number of hydrogen-bond acceptors (Lipinski definition) is 6. The Morgan fingerprint density at radius 3 is 2.94 bits per heavy atom. The summed E-state index contributed by atoms with van der Waals surface area (Å²) in [6.07, 6.45) is 4.59. The van der Waals surface area contributed by atoms with E-state index in [1.165, 1.54) is 31.0 Å². The van der Waals surface area contributed by atoms with Gasteiger partial charge in [-0.25, -0.2) is 4.98 Å². The quantitative estimate of drug-likeness (QED) is 0.350. The number of hydrogen-bond donors (Lipinski definition) is 1. The van der Waals surface area contributed by atoms with Crippen molar-refractivity contribution in [1.82, 2.24) is 14.9 Å². The fraction of sp³-hybridized carbons (Fsp3) is 0.259. The first kappa shape index (κ1) is 21.5. The van der Waals surface area contributed by atoms with Gasteiger partial charge < -0.3 is 10.1 Å². The van der Waals surface area contributed by atoms with Crippen molar-refractivity contribution in [1.29, 1.82) is 0 Å². The van der Waals surface area contributed by atoms with E-state index < -0.39 is 0 Å². The molecule has 2 aromatic carbocycles. The van der Waals surface area contributed by atoms with Crippen LogP contribution in [0.25, 0.3) is 20.3 Å². The number of benzene rings is 2. The Labute approximate surface area is 205 Å². The summed E-state index contributed by atoms with van der Waals surface area (Å²) in [5.74, 6) is 0.882. The van der Waals surface area contributed by atoms with Crippen LogP contribution in [0.15, 0.2) is 65.7 Å². The summed E-state index contributed by atoms with van der Waals surface area (Å²) in [5.41, 5.74) is 2.51. The van der Waals surface area contributed by atoms with E-state index in [0.717, 1.165) is 41.8 Å². The molecule has 7 heteroatoms. The lowest BCUT2D eigenvalue weighted by atomic mass is 9.93. The second-order valence-electron chi connectivity index (χ2n) is 8.78. The third kappa shape index (κ3) is 4.04. The van der Waals surface area contributed by atoms with Crippen LogP contribution in [-0.4, -0.2) is 22.7 Å². The van der Waals surface area contributed by atoms with E-state index >= 15 is 0 Å². The molecule has 6 rings (SSSR count). The number of nitrogens with one attached hydrogen (secondary N) is 1. The molecule has 1 atom stereocenters. The average Bonchev–Trinajstić information content (AvgIpc) is 3.45. The summed E-state index contributed by atoms with van der Waals surface area (Å²) >= 11 is 3.42. The lowest BCUT2D eigenvalue weighted by molar-refractivity contribution is 0.413.